The Balaban J connectivity index is 2.48. The van der Waals surface area contributed by atoms with Gasteiger partial charge in [-0.15, -0.1) is 0 Å². The van der Waals surface area contributed by atoms with Crippen LogP contribution >= 0.6 is 0 Å². The first kappa shape index (κ1) is 20.4. The molecule has 138 valence electrons. The molecule has 25 heavy (non-hydrogen) atoms. The van der Waals surface area contributed by atoms with Crippen LogP contribution in [0, 0.1) is 17.0 Å². The summed E-state index contributed by atoms with van der Waals surface area (Å²) in [6, 6.07) is 4.17. The van der Waals surface area contributed by atoms with E-state index in [1.165, 1.54) is 6.07 Å². The number of aldehydes is 1. The van der Waals surface area contributed by atoms with Crippen molar-refractivity contribution in [2.75, 3.05) is 11.9 Å². The van der Waals surface area contributed by atoms with Gasteiger partial charge in [-0.2, -0.15) is 0 Å². The predicted octanol–water partition coefficient (Wildman–Crippen LogP) is 3.19. The van der Waals surface area contributed by atoms with Crippen LogP contribution in [0.25, 0.3) is 0 Å². The SMILES string of the molecule is Cc1ccc([N+](=O)[O-])c(NCCCC(C=O)NC(=O)OC(C)(C)C)c1. The number of nitrogens with zero attached hydrogens (tertiary/aromatic N) is 1. The second kappa shape index (κ2) is 9.00. The van der Waals surface area contributed by atoms with Gasteiger partial charge < -0.3 is 20.2 Å². The van der Waals surface area contributed by atoms with E-state index in [0.29, 0.717) is 31.4 Å². The summed E-state index contributed by atoms with van der Waals surface area (Å²) in [4.78, 5) is 33.3. The summed E-state index contributed by atoms with van der Waals surface area (Å²) in [6.45, 7) is 7.50. The number of carbonyl (C=O) groups is 2. The van der Waals surface area contributed by atoms with Crippen LogP contribution in [0.5, 0.6) is 0 Å². The molecule has 8 nitrogen and oxygen atoms in total. The molecule has 0 aliphatic rings. The van der Waals surface area contributed by atoms with Crippen LogP contribution in [-0.4, -0.2) is 35.5 Å². The molecule has 1 atom stereocenters. The van der Waals surface area contributed by atoms with Crippen molar-refractivity contribution >= 4 is 23.8 Å². The summed E-state index contributed by atoms with van der Waals surface area (Å²) in [5, 5.41) is 16.5. The zero-order valence-electron chi connectivity index (χ0n) is 15.0. The first-order chi connectivity index (χ1) is 11.6. The van der Waals surface area contributed by atoms with Gasteiger partial charge in [-0.05, 0) is 52.2 Å². The number of ether oxygens (including phenoxy) is 1. The largest absolute Gasteiger partial charge is 0.444 e. The average molecular weight is 351 g/mol. The maximum absolute atomic E-state index is 11.7. The summed E-state index contributed by atoms with van der Waals surface area (Å²) in [6.07, 6.45) is 0.950. The second-order valence-electron chi connectivity index (χ2n) is 6.74. The zero-order chi connectivity index (χ0) is 19.0. The first-order valence-corrected chi connectivity index (χ1v) is 8.06. The summed E-state index contributed by atoms with van der Waals surface area (Å²) < 4.78 is 5.10. The lowest BCUT2D eigenvalue weighted by molar-refractivity contribution is -0.384. The van der Waals surface area contributed by atoms with Gasteiger partial charge in [0, 0.05) is 12.6 Å². The van der Waals surface area contributed by atoms with E-state index in [-0.39, 0.29) is 5.69 Å². The van der Waals surface area contributed by atoms with Gasteiger partial charge in [0.1, 0.15) is 17.6 Å². The lowest BCUT2D eigenvalue weighted by Gasteiger charge is -2.21. The molecule has 1 rings (SSSR count). The monoisotopic (exact) mass is 351 g/mol. The number of nitrogens with one attached hydrogen (secondary N) is 2. The van der Waals surface area contributed by atoms with Crippen LogP contribution in [0.3, 0.4) is 0 Å². The van der Waals surface area contributed by atoms with Crippen LogP contribution in [0.2, 0.25) is 0 Å². The number of carbonyl (C=O) groups excluding carboxylic acids is 2. The molecule has 0 aliphatic carbocycles. The van der Waals surface area contributed by atoms with Crippen molar-refractivity contribution < 1.29 is 19.2 Å². The molecule has 1 amide bonds. The van der Waals surface area contributed by atoms with Gasteiger partial charge in [-0.1, -0.05) is 6.07 Å². The zero-order valence-corrected chi connectivity index (χ0v) is 15.0. The molecule has 0 bridgehead atoms. The number of rotatable bonds is 8. The first-order valence-electron chi connectivity index (χ1n) is 8.06. The molecule has 0 aliphatic heterocycles. The van der Waals surface area contributed by atoms with Gasteiger partial charge in [0.05, 0.1) is 11.0 Å². The van der Waals surface area contributed by atoms with Gasteiger partial charge in [0.25, 0.3) is 5.69 Å². The molecule has 0 saturated heterocycles. The van der Waals surface area contributed by atoms with Crippen molar-refractivity contribution in [3.8, 4) is 0 Å². The van der Waals surface area contributed by atoms with E-state index in [9.17, 15) is 19.7 Å². The van der Waals surface area contributed by atoms with E-state index in [4.69, 9.17) is 4.74 Å². The quantitative estimate of drug-likeness (QED) is 0.322. The van der Waals surface area contributed by atoms with E-state index in [2.05, 4.69) is 10.6 Å². The third kappa shape index (κ3) is 7.65. The van der Waals surface area contributed by atoms with Crippen LogP contribution < -0.4 is 10.6 Å². The van der Waals surface area contributed by atoms with E-state index in [1.807, 2.05) is 6.92 Å². The predicted molar refractivity (Wildman–Crippen MR) is 94.8 cm³/mol. The maximum Gasteiger partial charge on any atom is 0.408 e. The van der Waals surface area contributed by atoms with Gasteiger partial charge >= 0.3 is 6.09 Å². The molecular formula is C17H25N3O5. The van der Waals surface area contributed by atoms with Crippen molar-refractivity contribution in [2.24, 2.45) is 0 Å². The Labute approximate surface area is 147 Å². The minimum Gasteiger partial charge on any atom is -0.444 e. The van der Waals surface area contributed by atoms with E-state index >= 15 is 0 Å². The van der Waals surface area contributed by atoms with Crippen LogP contribution in [0.1, 0.15) is 39.2 Å². The highest BCUT2D eigenvalue weighted by atomic mass is 16.6. The van der Waals surface area contributed by atoms with Gasteiger partial charge in [0.2, 0.25) is 0 Å². The third-order valence-corrected chi connectivity index (χ3v) is 3.22. The number of hydrogen-bond acceptors (Lipinski definition) is 6. The van der Waals surface area contributed by atoms with Crippen molar-refractivity contribution in [3.63, 3.8) is 0 Å². The van der Waals surface area contributed by atoms with Crippen molar-refractivity contribution in [3.05, 3.63) is 33.9 Å². The summed E-state index contributed by atoms with van der Waals surface area (Å²) >= 11 is 0. The smallest absolute Gasteiger partial charge is 0.408 e. The Bertz CT molecular complexity index is 625. The summed E-state index contributed by atoms with van der Waals surface area (Å²) in [5.41, 5.74) is 0.714. The summed E-state index contributed by atoms with van der Waals surface area (Å²) in [7, 11) is 0. The van der Waals surface area contributed by atoms with E-state index < -0.39 is 22.7 Å². The molecule has 1 aromatic carbocycles. The van der Waals surface area contributed by atoms with Crippen LogP contribution in [0.15, 0.2) is 18.2 Å². The maximum atomic E-state index is 11.7. The minimum atomic E-state index is -0.663. The standard InChI is InChI=1S/C17H25N3O5/c1-12-7-8-15(20(23)24)14(10-12)18-9-5-6-13(11-21)19-16(22)25-17(2,3)4/h7-8,10-11,13,18H,5-6,9H2,1-4H3,(H,19,22). The van der Waals surface area contributed by atoms with E-state index in [0.717, 1.165) is 5.56 Å². The fraction of sp³-hybridized carbons (Fsp3) is 0.529. The molecule has 8 heteroatoms. The summed E-state index contributed by atoms with van der Waals surface area (Å²) in [5.74, 6) is 0. The fourth-order valence-corrected chi connectivity index (χ4v) is 2.13. The topological polar surface area (TPSA) is 111 Å². The molecule has 0 aromatic heterocycles. The highest BCUT2D eigenvalue weighted by Gasteiger charge is 2.19. The Morgan fingerprint density at radius 3 is 2.64 bits per heavy atom. The second-order valence-corrected chi connectivity index (χ2v) is 6.74. The number of benzene rings is 1. The number of anilines is 1. The van der Waals surface area contributed by atoms with Gasteiger partial charge in [-0.25, -0.2) is 4.79 Å². The highest BCUT2D eigenvalue weighted by molar-refractivity contribution is 5.73. The molecule has 0 spiro atoms. The number of nitro benzene ring substituents is 1. The van der Waals surface area contributed by atoms with Gasteiger partial charge in [0.15, 0.2) is 0 Å². The molecule has 0 radical (unpaired) electrons. The minimum absolute atomic E-state index is 0.00409. The normalized spacial score (nSPS) is 12.2. The molecule has 1 aromatic rings. The Morgan fingerprint density at radius 2 is 2.08 bits per heavy atom. The number of amides is 1. The van der Waals surface area contributed by atoms with Crippen molar-refractivity contribution in [1.29, 1.82) is 0 Å². The fourth-order valence-electron chi connectivity index (χ4n) is 2.13. The Morgan fingerprint density at radius 1 is 1.40 bits per heavy atom. The molecular weight excluding hydrogens is 326 g/mol. The number of alkyl carbamates (subject to hydrolysis) is 1. The molecule has 1 unspecified atom stereocenters. The highest BCUT2D eigenvalue weighted by Crippen LogP contribution is 2.25. The number of aryl methyl sites for hydroxylation is 1. The average Bonchev–Trinajstić information content (AvgIpc) is 2.48. The van der Waals surface area contributed by atoms with Crippen LogP contribution in [0.4, 0.5) is 16.2 Å². The van der Waals surface area contributed by atoms with Gasteiger partial charge in [-0.3, -0.25) is 10.1 Å². The molecule has 0 saturated carbocycles. The number of nitro groups is 1. The lowest BCUT2D eigenvalue weighted by Crippen LogP contribution is -2.40. The Hall–Kier alpha value is -2.64. The van der Waals surface area contributed by atoms with E-state index in [1.54, 1.807) is 32.9 Å². The molecule has 0 fully saturated rings. The Kier molecular flexibility index (Phi) is 7.35. The van der Waals surface area contributed by atoms with Crippen molar-refractivity contribution in [1.82, 2.24) is 5.32 Å². The van der Waals surface area contributed by atoms with Crippen LogP contribution in [-0.2, 0) is 9.53 Å². The lowest BCUT2D eigenvalue weighted by atomic mass is 10.1. The number of hydrogen-bond donors (Lipinski definition) is 2. The molecule has 0 heterocycles. The molecule has 2 N–H and O–H groups in total. The van der Waals surface area contributed by atoms with Crippen molar-refractivity contribution in [2.45, 2.75) is 52.2 Å². The third-order valence-electron chi connectivity index (χ3n) is 3.22.